The van der Waals surface area contributed by atoms with Gasteiger partial charge in [0.25, 0.3) is 0 Å². The van der Waals surface area contributed by atoms with E-state index in [0.29, 0.717) is 11.6 Å². The summed E-state index contributed by atoms with van der Waals surface area (Å²) in [6.45, 7) is 4.23. The predicted molar refractivity (Wildman–Crippen MR) is 70.0 cm³/mol. The number of halogens is 1. The summed E-state index contributed by atoms with van der Waals surface area (Å²) >= 11 is 6.00. The van der Waals surface area contributed by atoms with Crippen LogP contribution in [0, 0.1) is 5.41 Å². The SMILES string of the molecule is COC(=O)C(C)(C)CONCc1ccccc1Cl. The van der Waals surface area contributed by atoms with Gasteiger partial charge in [0.15, 0.2) is 0 Å². The van der Waals surface area contributed by atoms with Crippen molar-refractivity contribution in [1.82, 2.24) is 5.48 Å². The molecule has 0 aliphatic heterocycles. The molecule has 1 N–H and O–H groups in total. The lowest BCUT2D eigenvalue weighted by Gasteiger charge is -2.21. The average Bonchev–Trinajstić information content (AvgIpc) is 2.35. The minimum atomic E-state index is -0.678. The van der Waals surface area contributed by atoms with E-state index in [4.69, 9.17) is 16.4 Å². The van der Waals surface area contributed by atoms with Crippen LogP contribution in [0.4, 0.5) is 0 Å². The molecule has 0 fully saturated rings. The molecule has 0 bridgehead atoms. The highest BCUT2D eigenvalue weighted by molar-refractivity contribution is 6.31. The molecule has 0 heterocycles. The maximum atomic E-state index is 11.4. The van der Waals surface area contributed by atoms with Gasteiger partial charge >= 0.3 is 5.97 Å². The molecular formula is C13H18ClNO3. The first-order valence-electron chi connectivity index (χ1n) is 5.64. The lowest BCUT2D eigenvalue weighted by molar-refractivity contribution is -0.156. The van der Waals surface area contributed by atoms with E-state index in [1.165, 1.54) is 7.11 Å². The summed E-state index contributed by atoms with van der Waals surface area (Å²) in [7, 11) is 1.36. The first-order chi connectivity index (χ1) is 8.47. The van der Waals surface area contributed by atoms with E-state index >= 15 is 0 Å². The first-order valence-corrected chi connectivity index (χ1v) is 6.01. The molecule has 0 saturated heterocycles. The second kappa shape index (κ2) is 6.73. The fourth-order valence-corrected chi connectivity index (χ4v) is 1.54. The molecule has 0 amide bonds. The van der Waals surface area contributed by atoms with Gasteiger partial charge < -0.3 is 9.57 Å². The number of hydroxylamine groups is 1. The van der Waals surface area contributed by atoms with Gasteiger partial charge in [-0.1, -0.05) is 29.8 Å². The maximum absolute atomic E-state index is 11.4. The third-order valence-corrected chi connectivity index (χ3v) is 2.86. The van der Waals surface area contributed by atoms with Gasteiger partial charge in [0.2, 0.25) is 0 Å². The summed E-state index contributed by atoms with van der Waals surface area (Å²) in [6, 6.07) is 7.50. The second-order valence-electron chi connectivity index (χ2n) is 4.58. The van der Waals surface area contributed by atoms with E-state index in [9.17, 15) is 4.79 Å². The van der Waals surface area contributed by atoms with Crippen molar-refractivity contribution in [3.05, 3.63) is 34.9 Å². The van der Waals surface area contributed by atoms with Crippen LogP contribution in [0.15, 0.2) is 24.3 Å². The number of benzene rings is 1. The Balaban J connectivity index is 2.35. The van der Waals surface area contributed by atoms with Crippen LogP contribution in [-0.4, -0.2) is 19.7 Å². The van der Waals surface area contributed by atoms with Gasteiger partial charge in [-0.2, -0.15) is 5.48 Å². The Morgan fingerprint density at radius 2 is 2.06 bits per heavy atom. The van der Waals surface area contributed by atoms with E-state index in [1.54, 1.807) is 13.8 Å². The van der Waals surface area contributed by atoms with Crippen LogP contribution >= 0.6 is 11.6 Å². The molecule has 18 heavy (non-hydrogen) atoms. The topological polar surface area (TPSA) is 47.6 Å². The number of ether oxygens (including phenoxy) is 1. The first kappa shape index (κ1) is 15.0. The quantitative estimate of drug-likeness (QED) is 0.491. The van der Waals surface area contributed by atoms with E-state index in [-0.39, 0.29) is 12.6 Å². The molecule has 0 aliphatic carbocycles. The van der Waals surface area contributed by atoms with Crippen LogP contribution in [0.3, 0.4) is 0 Å². The van der Waals surface area contributed by atoms with Crippen molar-refractivity contribution in [2.45, 2.75) is 20.4 Å². The number of methoxy groups -OCH3 is 1. The lowest BCUT2D eigenvalue weighted by Crippen LogP contribution is -2.33. The molecule has 0 radical (unpaired) electrons. The summed E-state index contributed by atoms with van der Waals surface area (Å²) in [5, 5.41) is 0.681. The number of rotatable bonds is 6. The van der Waals surface area contributed by atoms with Crippen molar-refractivity contribution in [3.8, 4) is 0 Å². The van der Waals surface area contributed by atoms with Gasteiger partial charge in [0.05, 0.1) is 19.1 Å². The van der Waals surface area contributed by atoms with Gasteiger partial charge in [-0.25, -0.2) is 0 Å². The number of hydrogen-bond donors (Lipinski definition) is 1. The van der Waals surface area contributed by atoms with Crippen LogP contribution in [0.2, 0.25) is 5.02 Å². The third-order valence-electron chi connectivity index (χ3n) is 2.49. The monoisotopic (exact) mass is 271 g/mol. The number of carbonyl (C=O) groups excluding carboxylic acids is 1. The Labute approximate surface area is 112 Å². The Kier molecular flexibility index (Phi) is 5.59. The predicted octanol–water partition coefficient (Wildman–Crippen LogP) is 2.56. The summed E-state index contributed by atoms with van der Waals surface area (Å²) < 4.78 is 4.68. The van der Waals surface area contributed by atoms with E-state index in [2.05, 4.69) is 10.2 Å². The van der Waals surface area contributed by atoms with Gasteiger partial charge in [0.1, 0.15) is 0 Å². The van der Waals surface area contributed by atoms with Gasteiger partial charge in [0, 0.05) is 11.6 Å². The van der Waals surface area contributed by atoms with Crippen LogP contribution in [0.5, 0.6) is 0 Å². The smallest absolute Gasteiger partial charge is 0.313 e. The van der Waals surface area contributed by atoms with Gasteiger partial charge in [-0.3, -0.25) is 4.79 Å². The van der Waals surface area contributed by atoms with E-state index in [0.717, 1.165) is 5.56 Å². The molecule has 5 heteroatoms. The van der Waals surface area contributed by atoms with Gasteiger partial charge in [-0.15, -0.1) is 0 Å². The van der Waals surface area contributed by atoms with Crippen molar-refractivity contribution in [1.29, 1.82) is 0 Å². The van der Waals surface area contributed by atoms with Gasteiger partial charge in [-0.05, 0) is 25.5 Å². The molecular weight excluding hydrogens is 254 g/mol. The van der Waals surface area contributed by atoms with E-state index in [1.807, 2.05) is 24.3 Å². The Morgan fingerprint density at radius 3 is 2.67 bits per heavy atom. The Hall–Kier alpha value is -1.10. The van der Waals surface area contributed by atoms with Crippen molar-refractivity contribution in [2.75, 3.05) is 13.7 Å². The molecule has 0 atom stereocenters. The van der Waals surface area contributed by atoms with Crippen molar-refractivity contribution < 1.29 is 14.4 Å². The molecule has 0 aromatic heterocycles. The number of esters is 1. The zero-order valence-corrected chi connectivity index (χ0v) is 11.6. The highest BCUT2D eigenvalue weighted by Gasteiger charge is 2.29. The third kappa shape index (κ3) is 4.29. The van der Waals surface area contributed by atoms with Crippen molar-refractivity contribution in [3.63, 3.8) is 0 Å². The van der Waals surface area contributed by atoms with Crippen LogP contribution in [0.25, 0.3) is 0 Å². The zero-order chi connectivity index (χ0) is 13.6. The maximum Gasteiger partial charge on any atom is 0.313 e. The number of hydrogen-bond acceptors (Lipinski definition) is 4. The molecule has 100 valence electrons. The number of carbonyl (C=O) groups is 1. The summed E-state index contributed by atoms with van der Waals surface area (Å²) in [5.74, 6) is -0.304. The fraction of sp³-hybridized carbons (Fsp3) is 0.462. The molecule has 0 spiro atoms. The molecule has 1 aromatic carbocycles. The van der Waals surface area contributed by atoms with E-state index < -0.39 is 5.41 Å². The number of nitrogens with one attached hydrogen (secondary N) is 1. The standard InChI is InChI=1S/C13H18ClNO3/c1-13(2,12(16)17-3)9-18-15-8-10-6-4-5-7-11(10)14/h4-7,15H,8-9H2,1-3H3. The molecule has 1 aromatic rings. The molecule has 0 aliphatic rings. The highest BCUT2D eigenvalue weighted by Crippen LogP contribution is 2.17. The molecule has 4 nitrogen and oxygen atoms in total. The average molecular weight is 272 g/mol. The van der Waals surface area contributed by atoms with Crippen molar-refractivity contribution >= 4 is 17.6 Å². The van der Waals surface area contributed by atoms with Crippen LogP contribution in [0.1, 0.15) is 19.4 Å². The summed E-state index contributed by atoms with van der Waals surface area (Å²) in [6.07, 6.45) is 0. The Morgan fingerprint density at radius 1 is 1.39 bits per heavy atom. The summed E-state index contributed by atoms with van der Waals surface area (Å²) in [4.78, 5) is 16.7. The normalized spacial score (nSPS) is 11.3. The molecule has 1 rings (SSSR count). The summed E-state index contributed by atoms with van der Waals surface area (Å²) in [5.41, 5.74) is 3.05. The fourth-order valence-electron chi connectivity index (χ4n) is 1.34. The highest BCUT2D eigenvalue weighted by atomic mass is 35.5. The Bertz CT molecular complexity index is 407. The van der Waals surface area contributed by atoms with Crippen LogP contribution < -0.4 is 5.48 Å². The lowest BCUT2D eigenvalue weighted by atomic mass is 9.95. The van der Waals surface area contributed by atoms with Crippen molar-refractivity contribution in [2.24, 2.45) is 5.41 Å². The second-order valence-corrected chi connectivity index (χ2v) is 4.98. The minimum Gasteiger partial charge on any atom is -0.469 e. The zero-order valence-electron chi connectivity index (χ0n) is 10.8. The minimum absolute atomic E-state index is 0.226. The van der Waals surface area contributed by atoms with Crippen LogP contribution in [-0.2, 0) is 20.9 Å². The largest absolute Gasteiger partial charge is 0.469 e. The molecule has 0 unspecified atom stereocenters. The molecule has 0 saturated carbocycles.